The van der Waals surface area contributed by atoms with Gasteiger partial charge >= 0.3 is 0 Å². The average molecular weight is 293 g/mol. The first kappa shape index (κ1) is 11.3. The molecule has 0 N–H and O–H groups in total. The number of hydrogen-bond acceptors (Lipinski definition) is 2. The quantitative estimate of drug-likeness (QED) is 0.605. The molecule has 2 aromatic rings. The van der Waals surface area contributed by atoms with E-state index in [-0.39, 0.29) is 5.78 Å². The second-order valence-corrected chi connectivity index (χ2v) is 4.98. The maximum Gasteiger partial charge on any atom is 0.196 e. The van der Waals surface area contributed by atoms with Crippen molar-refractivity contribution in [1.29, 1.82) is 0 Å². The van der Waals surface area contributed by atoms with Gasteiger partial charge in [0.05, 0.1) is 4.88 Å². The van der Waals surface area contributed by atoms with E-state index in [1.807, 2.05) is 47.9 Å². The number of ketones is 1. The lowest BCUT2D eigenvalue weighted by Gasteiger charge is -1.92. The summed E-state index contributed by atoms with van der Waals surface area (Å²) in [7, 11) is 0. The zero-order chi connectivity index (χ0) is 11.4. The van der Waals surface area contributed by atoms with Gasteiger partial charge in [0, 0.05) is 4.47 Å². The summed E-state index contributed by atoms with van der Waals surface area (Å²) < 4.78 is 0.861. The average Bonchev–Trinajstić information content (AvgIpc) is 2.74. The molecular formula is C13H9BrOS. The molecule has 0 bridgehead atoms. The Morgan fingerprint density at radius 3 is 2.56 bits per heavy atom. The van der Waals surface area contributed by atoms with Crippen LogP contribution in [0.2, 0.25) is 0 Å². The summed E-state index contributed by atoms with van der Waals surface area (Å²) in [6.07, 6.45) is 3.43. The van der Waals surface area contributed by atoms with Crippen LogP contribution in [0.5, 0.6) is 0 Å². The van der Waals surface area contributed by atoms with Crippen LogP contribution in [0.4, 0.5) is 0 Å². The van der Waals surface area contributed by atoms with Crippen molar-refractivity contribution in [2.24, 2.45) is 0 Å². The molecule has 0 fully saturated rings. The molecule has 80 valence electrons. The van der Waals surface area contributed by atoms with Gasteiger partial charge in [-0.1, -0.05) is 36.4 Å². The molecule has 0 saturated heterocycles. The molecule has 0 atom stereocenters. The third-order valence-corrected chi connectivity index (χ3v) is 3.92. The van der Waals surface area contributed by atoms with Gasteiger partial charge in [0.2, 0.25) is 0 Å². The highest BCUT2D eigenvalue weighted by Gasteiger charge is 2.07. The molecule has 0 spiro atoms. The predicted molar refractivity (Wildman–Crippen MR) is 71.8 cm³/mol. The molecule has 2 rings (SSSR count). The van der Waals surface area contributed by atoms with Crippen molar-refractivity contribution >= 4 is 39.1 Å². The lowest BCUT2D eigenvalue weighted by atomic mass is 10.2. The number of halogens is 1. The van der Waals surface area contributed by atoms with Gasteiger partial charge in [-0.15, -0.1) is 11.3 Å². The first-order valence-corrected chi connectivity index (χ1v) is 6.45. The molecule has 16 heavy (non-hydrogen) atoms. The van der Waals surface area contributed by atoms with E-state index >= 15 is 0 Å². The van der Waals surface area contributed by atoms with Crippen molar-refractivity contribution < 1.29 is 4.79 Å². The number of benzene rings is 1. The van der Waals surface area contributed by atoms with Crippen molar-refractivity contribution in [3.63, 3.8) is 0 Å². The molecule has 1 nitrogen and oxygen atoms in total. The summed E-state index contributed by atoms with van der Waals surface area (Å²) >= 11 is 4.79. The van der Waals surface area contributed by atoms with Crippen molar-refractivity contribution in [2.45, 2.75) is 0 Å². The molecule has 1 heterocycles. The van der Waals surface area contributed by atoms with E-state index in [4.69, 9.17) is 0 Å². The fourth-order valence-corrected chi connectivity index (χ4v) is 2.77. The highest BCUT2D eigenvalue weighted by atomic mass is 79.9. The molecule has 3 heteroatoms. The SMILES string of the molecule is O=C(C=Cc1ccccc1)c1sccc1Br. The Labute approximate surface area is 107 Å². The minimum absolute atomic E-state index is 0.0331. The highest BCUT2D eigenvalue weighted by Crippen LogP contribution is 2.23. The summed E-state index contributed by atoms with van der Waals surface area (Å²) in [5, 5.41) is 1.90. The number of allylic oxidation sites excluding steroid dienone is 1. The standard InChI is InChI=1S/C13H9BrOS/c14-11-8-9-16-13(11)12(15)7-6-10-4-2-1-3-5-10/h1-9H. The van der Waals surface area contributed by atoms with E-state index in [1.54, 1.807) is 6.08 Å². The zero-order valence-electron chi connectivity index (χ0n) is 8.39. The minimum Gasteiger partial charge on any atom is -0.288 e. The number of carbonyl (C=O) groups excluding carboxylic acids is 1. The number of rotatable bonds is 3. The van der Waals surface area contributed by atoms with Crippen molar-refractivity contribution in [1.82, 2.24) is 0 Å². The molecular weight excluding hydrogens is 284 g/mol. The number of hydrogen-bond donors (Lipinski definition) is 0. The van der Waals surface area contributed by atoms with Crippen LogP contribution in [0, 0.1) is 0 Å². The maximum atomic E-state index is 11.8. The summed E-state index contributed by atoms with van der Waals surface area (Å²) in [6, 6.07) is 11.7. The smallest absolute Gasteiger partial charge is 0.196 e. The second-order valence-electron chi connectivity index (χ2n) is 3.21. The first-order valence-electron chi connectivity index (χ1n) is 4.78. The van der Waals surface area contributed by atoms with Crippen LogP contribution < -0.4 is 0 Å². The van der Waals surface area contributed by atoms with Crippen LogP contribution in [0.15, 0.2) is 52.3 Å². The molecule has 0 aliphatic heterocycles. The van der Waals surface area contributed by atoms with Crippen molar-refractivity contribution in [3.8, 4) is 0 Å². The first-order chi connectivity index (χ1) is 7.77. The normalized spacial score (nSPS) is 10.8. The number of carbonyl (C=O) groups is 1. The largest absolute Gasteiger partial charge is 0.288 e. The third kappa shape index (κ3) is 2.68. The van der Waals surface area contributed by atoms with Crippen molar-refractivity contribution in [3.05, 3.63) is 62.8 Å². The van der Waals surface area contributed by atoms with Crippen LogP contribution >= 0.6 is 27.3 Å². The second kappa shape index (κ2) is 5.23. The van der Waals surface area contributed by atoms with Gasteiger partial charge < -0.3 is 0 Å². The highest BCUT2D eigenvalue weighted by molar-refractivity contribution is 9.10. The fourth-order valence-electron chi connectivity index (χ4n) is 1.28. The Morgan fingerprint density at radius 2 is 1.94 bits per heavy atom. The lowest BCUT2D eigenvalue weighted by molar-refractivity contribution is 0.105. The van der Waals surface area contributed by atoms with Gasteiger partial charge in [0.25, 0.3) is 0 Å². The Balaban J connectivity index is 2.15. The molecule has 0 aliphatic carbocycles. The minimum atomic E-state index is 0.0331. The molecule has 1 aromatic heterocycles. The zero-order valence-corrected chi connectivity index (χ0v) is 10.8. The Hall–Kier alpha value is -1.19. The Bertz CT molecular complexity index is 514. The molecule has 0 amide bonds. The van der Waals surface area contributed by atoms with E-state index in [0.717, 1.165) is 14.9 Å². The number of thiophene rings is 1. The topological polar surface area (TPSA) is 17.1 Å². The molecule has 0 aliphatic rings. The van der Waals surface area contributed by atoms with Crippen molar-refractivity contribution in [2.75, 3.05) is 0 Å². The van der Waals surface area contributed by atoms with Crippen LogP contribution in [-0.4, -0.2) is 5.78 Å². The van der Waals surface area contributed by atoms with Crippen LogP contribution in [0.25, 0.3) is 6.08 Å². The molecule has 0 unspecified atom stereocenters. The summed E-state index contributed by atoms with van der Waals surface area (Å²) in [5.74, 6) is 0.0331. The monoisotopic (exact) mass is 292 g/mol. The van der Waals surface area contributed by atoms with E-state index in [9.17, 15) is 4.79 Å². The van der Waals surface area contributed by atoms with Crippen LogP contribution in [-0.2, 0) is 0 Å². The Morgan fingerprint density at radius 1 is 1.19 bits per heavy atom. The van der Waals surface area contributed by atoms with Gasteiger partial charge in [0.1, 0.15) is 0 Å². The van der Waals surface area contributed by atoms with Gasteiger partial charge in [0.15, 0.2) is 5.78 Å². The van der Waals surface area contributed by atoms with E-state index in [1.165, 1.54) is 11.3 Å². The molecule has 0 radical (unpaired) electrons. The fraction of sp³-hybridized carbons (Fsp3) is 0. The van der Waals surface area contributed by atoms with Gasteiger partial charge in [-0.05, 0) is 39.0 Å². The summed E-state index contributed by atoms with van der Waals surface area (Å²) in [5.41, 5.74) is 1.03. The van der Waals surface area contributed by atoms with Gasteiger partial charge in [-0.25, -0.2) is 0 Å². The van der Waals surface area contributed by atoms with Gasteiger partial charge in [-0.3, -0.25) is 4.79 Å². The third-order valence-electron chi connectivity index (χ3n) is 2.07. The molecule has 0 saturated carbocycles. The van der Waals surface area contributed by atoms with Crippen LogP contribution in [0.1, 0.15) is 15.2 Å². The summed E-state index contributed by atoms with van der Waals surface area (Å²) in [4.78, 5) is 12.5. The lowest BCUT2D eigenvalue weighted by Crippen LogP contribution is -1.90. The maximum absolute atomic E-state index is 11.8. The van der Waals surface area contributed by atoms with E-state index < -0.39 is 0 Å². The van der Waals surface area contributed by atoms with Crippen LogP contribution in [0.3, 0.4) is 0 Å². The Kier molecular flexibility index (Phi) is 3.70. The predicted octanol–water partition coefficient (Wildman–Crippen LogP) is 4.41. The summed E-state index contributed by atoms with van der Waals surface area (Å²) in [6.45, 7) is 0. The van der Waals surface area contributed by atoms with E-state index in [0.29, 0.717) is 0 Å². The van der Waals surface area contributed by atoms with Gasteiger partial charge in [-0.2, -0.15) is 0 Å². The van der Waals surface area contributed by atoms with E-state index in [2.05, 4.69) is 15.9 Å². The molecule has 1 aromatic carbocycles.